The molecule has 0 saturated carbocycles. The molecule has 0 N–H and O–H groups in total. The van der Waals surface area contributed by atoms with Crippen LogP contribution in [0.3, 0.4) is 0 Å². The molecule has 326 valence electrons. The Morgan fingerprint density at radius 3 is 1.33 bits per heavy atom. The van der Waals surface area contributed by atoms with Crippen LogP contribution in [-0.2, 0) is 46.5 Å². The Balaban J connectivity index is 0.000000136. The van der Waals surface area contributed by atoms with E-state index in [0.29, 0.717) is 0 Å². The predicted molar refractivity (Wildman–Crippen MR) is 286 cm³/mol. The molecule has 0 fully saturated rings. The molecule has 0 spiro atoms. The Morgan fingerprint density at radius 2 is 0.864 bits per heavy atom. The van der Waals surface area contributed by atoms with E-state index < -0.39 is 20.8 Å². The van der Waals surface area contributed by atoms with Crippen LogP contribution < -0.4 is 10.4 Å². The Bertz CT molecular complexity index is 2950. The molecular weight excluding hydrogens is 935 g/mol. The summed E-state index contributed by atoms with van der Waals surface area (Å²) in [5.41, 5.74) is 19.1. The predicted octanol–water partition coefficient (Wildman–Crippen LogP) is 16.5. The number of benzene rings is 8. The average molecular weight is 988 g/mol. The summed E-state index contributed by atoms with van der Waals surface area (Å²) in [6.07, 6.45) is 4.23. The standard InChI is InChI=1S/2C25H23.C12H7Si.2ClH.Zr/c2*1-3-18-16-21-14-15-23(20-11-6-5-7-12-20)25(24(21)17-18)22-13-9-8-10-19(22)4-2;1-3-7-11-9(5-1)10-6-2-4-8-12(10)13-11;;;/h2*5-17H,3-4H2,1-2H3;1-7H;2*1H;/q3*-1;;;+2/p-2. The maximum absolute atomic E-state index is 4.93. The van der Waals surface area contributed by atoms with E-state index in [4.69, 9.17) is 17.0 Å². The summed E-state index contributed by atoms with van der Waals surface area (Å²) in [5.74, 6) is 0. The second-order valence-corrected chi connectivity index (χ2v) is 21.4. The zero-order chi connectivity index (χ0) is 45.8. The molecule has 0 amide bonds. The van der Waals surface area contributed by atoms with Crippen molar-refractivity contribution in [1.82, 2.24) is 0 Å². The van der Waals surface area contributed by atoms with Crippen LogP contribution in [0.4, 0.5) is 0 Å². The van der Waals surface area contributed by atoms with Gasteiger partial charge < -0.3 is 0 Å². The first-order chi connectivity index (χ1) is 32.5. The van der Waals surface area contributed by atoms with E-state index in [1.54, 1.807) is 0 Å². The maximum Gasteiger partial charge on any atom is 0.0920 e. The monoisotopic (exact) mass is 985 g/mol. The minimum absolute atomic E-state index is 0.795. The second-order valence-electron chi connectivity index (χ2n) is 16.4. The van der Waals surface area contributed by atoms with E-state index in [9.17, 15) is 0 Å². The summed E-state index contributed by atoms with van der Waals surface area (Å²) in [6, 6.07) is 75.9. The average Bonchev–Trinajstić information content (AvgIpc) is 4.12. The minimum atomic E-state index is -0.826. The van der Waals surface area contributed by atoms with Crippen LogP contribution in [0.2, 0.25) is 0 Å². The Kier molecular flexibility index (Phi) is 16.4. The van der Waals surface area contributed by atoms with Crippen LogP contribution in [0, 0.1) is 6.07 Å². The quantitative estimate of drug-likeness (QED) is 0.105. The Labute approximate surface area is 413 Å². The van der Waals surface area contributed by atoms with Crippen LogP contribution in [0.5, 0.6) is 0 Å². The number of rotatable bonds is 8. The van der Waals surface area contributed by atoms with Crippen molar-refractivity contribution < 1.29 is 20.8 Å². The molecule has 0 nitrogen and oxygen atoms in total. The molecular formula is C62H53Cl2SiZr-3. The molecule has 0 saturated heterocycles. The summed E-state index contributed by atoms with van der Waals surface area (Å²) in [6.45, 7) is 8.94. The summed E-state index contributed by atoms with van der Waals surface area (Å²) in [7, 11) is 10.7. The smallest absolute Gasteiger partial charge is 0.0920 e. The second kappa shape index (κ2) is 22.9. The van der Waals surface area contributed by atoms with Crippen molar-refractivity contribution in [1.29, 1.82) is 0 Å². The number of aryl methyl sites for hydroxylation is 4. The first kappa shape index (κ1) is 47.2. The first-order valence-corrected chi connectivity index (χ1v) is 30.4. The van der Waals surface area contributed by atoms with Crippen LogP contribution in [0.25, 0.3) is 77.2 Å². The molecule has 11 rings (SSSR count). The van der Waals surface area contributed by atoms with Gasteiger partial charge in [0.15, 0.2) is 0 Å². The SMILES string of the molecule is CCc1cc2c(-c3ccccc3CC)c(-c3ccccc3)ccc2[cH-]1.CCc1cc2c(-c3ccccc3CC)c(-c3ccccc3)ccc2[cH-]1.[Cl][Zr][Cl].[c-]1cccc2c1[Si]c1ccccc1-2. The molecule has 0 aliphatic carbocycles. The van der Waals surface area contributed by atoms with Crippen LogP contribution >= 0.6 is 17.0 Å². The van der Waals surface area contributed by atoms with E-state index >= 15 is 0 Å². The molecule has 0 aromatic heterocycles. The number of hydrogen-bond acceptors (Lipinski definition) is 0. The van der Waals surface area contributed by atoms with Crippen molar-refractivity contribution in [2.24, 2.45) is 0 Å². The molecule has 4 heteroatoms. The first-order valence-electron chi connectivity index (χ1n) is 23.0. The summed E-state index contributed by atoms with van der Waals surface area (Å²) < 4.78 is 0. The van der Waals surface area contributed by atoms with Gasteiger partial charge in [-0.25, -0.2) is 0 Å². The maximum atomic E-state index is 4.93. The minimum Gasteiger partial charge on any atom is -0.184 e. The molecule has 2 radical (unpaired) electrons. The zero-order valence-electron chi connectivity index (χ0n) is 38.1. The summed E-state index contributed by atoms with van der Waals surface area (Å²) in [4.78, 5) is 0. The third-order valence-corrected chi connectivity index (χ3v) is 13.9. The van der Waals surface area contributed by atoms with E-state index in [1.807, 2.05) is 6.07 Å². The van der Waals surface area contributed by atoms with E-state index in [-0.39, 0.29) is 0 Å². The van der Waals surface area contributed by atoms with Crippen molar-refractivity contribution in [3.8, 4) is 55.6 Å². The summed E-state index contributed by atoms with van der Waals surface area (Å²) >= 11 is -0.826. The number of halogens is 2. The van der Waals surface area contributed by atoms with Crippen molar-refractivity contribution in [2.75, 3.05) is 0 Å². The van der Waals surface area contributed by atoms with Crippen molar-refractivity contribution in [2.45, 2.75) is 53.4 Å². The summed E-state index contributed by atoms with van der Waals surface area (Å²) in [5, 5.41) is 8.26. The fraction of sp³-hybridized carbons (Fsp3) is 0.129. The van der Waals surface area contributed by atoms with Crippen LogP contribution in [-0.4, -0.2) is 9.52 Å². The van der Waals surface area contributed by atoms with Crippen molar-refractivity contribution in [3.63, 3.8) is 0 Å². The largest absolute Gasteiger partial charge is 0.184 e. The molecule has 0 bridgehead atoms. The van der Waals surface area contributed by atoms with E-state index in [1.165, 1.54) is 110 Å². The molecule has 0 atom stereocenters. The molecule has 1 aliphatic heterocycles. The van der Waals surface area contributed by atoms with E-state index in [2.05, 4.69) is 228 Å². The van der Waals surface area contributed by atoms with Gasteiger partial charge >= 0.3 is 37.9 Å². The van der Waals surface area contributed by atoms with Gasteiger partial charge in [0.1, 0.15) is 0 Å². The third-order valence-electron chi connectivity index (χ3n) is 12.6. The van der Waals surface area contributed by atoms with Gasteiger partial charge in [-0.05, 0) is 70.2 Å². The third kappa shape index (κ3) is 10.4. The normalized spacial score (nSPS) is 11.1. The van der Waals surface area contributed by atoms with Gasteiger partial charge in [-0.2, -0.15) is 41.6 Å². The van der Waals surface area contributed by atoms with Gasteiger partial charge in [-0.15, -0.1) is 62.5 Å². The topological polar surface area (TPSA) is 0 Å². The van der Waals surface area contributed by atoms with Crippen molar-refractivity contribution in [3.05, 3.63) is 229 Å². The number of hydrogen-bond donors (Lipinski definition) is 0. The van der Waals surface area contributed by atoms with Crippen LogP contribution in [0.1, 0.15) is 49.9 Å². The van der Waals surface area contributed by atoms with Gasteiger partial charge in [-0.1, -0.05) is 195 Å². The van der Waals surface area contributed by atoms with Gasteiger partial charge in [0, 0.05) is 0 Å². The fourth-order valence-corrected chi connectivity index (χ4v) is 10.6. The molecule has 10 aromatic rings. The van der Waals surface area contributed by atoms with E-state index in [0.717, 1.165) is 35.2 Å². The molecule has 1 heterocycles. The van der Waals surface area contributed by atoms with Gasteiger partial charge in [0.2, 0.25) is 0 Å². The fourth-order valence-electron chi connectivity index (χ4n) is 9.26. The van der Waals surface area contributed by atoms with Gasteiger partial charge in [0.25, 0.3) is 0 Å². The van der Waals surface area contributed by atoms with Gasteiger partial charge in [0.05, 0.1) is 9.52 Å². The molecule has 0 unspecified atom stereocenters. The zero-order valence-corrected chi connectivity index (χ0v) is 43.1. The molecule has 1 aliphatic rings. The molecule has 66 heavy (non-hydrogen) atoms. The van der Waals surface area contributed by atoms with Gasteiger partial charge in [-0.3, -0.25) is 0 Å². The molecule has 10 aromatic carbocycles. The number of fused-ring (bicyclic) bond motifs is 5. The van der Waals surface area contributed by atoms with Crippen molar-refractivity contribution >= 4 is 58.5 Å². The Morgan fingerprint density at radius 1 is 0.439 bits per heavy atom. The Hall–Kier alpha value is -5.34. The van der Waals surface area contributed by atoms with Crippen LogP contribution in [0.15, 0.2) is 200 Å².